The van der Waals surface area contributed by atoms with Gasteiger partial charge in [-0.2, -0.15) is 0 Å². The van der Waals surface area contributed by atoms with Gasteiger partial charge < -0.3 is 0 Å². The summed E-state index contributed by atoms with van der Waals surface area (Å²) in [5.41, 5.74) is 2.77. The van der Waals surface area contributed by atoms with Crippen LogP contribution >= 0.6 is 0 Å². The fraction of sp³-hybridized carbons (Fsp3) is 0.0526. The molecule has 0 saturated heterocycles. The van der Waals surface area contributed by atoms with E-state index in [1.165, 1.54) is 18.5 Å². The van der Waals surface area contributed by atoms with Crippen LogP contribution in [0, 0.1) is 6.92 Å². The number of anilines is 1. The van der Waals surface area contributed by atoms with Crippen molar-refractivity contribution in [3.05, 3.63) is 72.8 Å². The van der Waals surface area contributed by atoms with Gasteiger partial charge in [-0.15, -0.1) is 0 Å². The molecule has 4 heterocycles. The molecule has 0 bridgehead atoms. The fourth-order valence-corrected chi connectivity index (χ4v) is 3.66. The zero-order chi connectivity index (χ0) is 18.9. The lowest BCUT2D eigenvalue weighted by Crippen LogP contribution is -2.14. The van der Waals surface area contributed by atoms with Crippen LogP contribution in [0.5, 0.6) is 0 Å². The number of fused-ring (bicyclic) bond motifs is 1. The molecule has 27 heavy (non-hydrogen) atoms. The molecule has 0 unspecified atom stereocenters. The monoisotopic (exact) mass is 377 g/mol. The summed E-state index contributed by atoms with van der Waals surface area (Å²) in [5.74, 6) is 0.178. The summed E-state index contributed by atoms with van der Waals surface area (Å²) in [7, 11) is -3.85. The minimum absolute atomic E-state index is 0.0366. The second-order valence-corrected chi connectivity index (χ2v) is 7.57. The van der Waals surface area contributed by atoms with Crippen molar-refractivity contribution in [2.24, 2.45) is 0 Å². The van der Waals surface area contributed by atoms with E-state index < -0.39 is 10.0 Å². The number of aryl methyl sites for hydroxylation is 1. The van der Waals surface area contributed by atoms with Crippen molar-refractivity contribution in [3.8, 4) is 11.4 Å². The predicted molar refractivity (Wildman–Crippen MR) is 103 cm³/mol. The standard InChI is InChI=1S/C19H15N5O2S/c1-13-4-2-9-20-17(13)16-7-6-15(12-23-16)27(25,26)24-19-18-14(8-11-22-19)5-3-10-21-18/h2-12H,1H3,(H,22,24). The minimum Gasteiger partial charge on any atom is -0.261 e. The van der Waals surface area contributed by atoms with E-state index in [9.17, 15) is 8.42 Å². The van der Waals surface area contributed by atoms with Gasteiger partial charge in [0, 0.05) is 30.2 Å². The van der Waals surface area contributed by atoms with Crippen LogP contribution < -0.4 is 4.72 Å². The third-order valence-electron chi connectivity index (χ3n) is 4.05. The first kappa shape index (κ1) is 17.0. The molecule has 0 aliphatic heterocycles. The Kier molecular flexibility index (Phi) is 4.25. The average molecular weight is 377 g/mol. The predicted octanol–water partition coefficient (Wildman–Crippen LogP) is 3.20. The van der Waals surface area contributed by atoms with Gasteiger partial charge in [-0.1, -0.05) is 12.1 Å². The Balaban J connectivity index is 1.67. The smallest absolute Gasteiger partial charge is 0.261 e. The summed E-state index contributed by atoms with van der Waals surface area (Å²) >= 11 is 0. The largest absolute Gasteiger partial charge is 0.264 e. The Labute approximate surface area is 156 Å². The molecule has 0 saturated carbocycles. The molecule has 1 N–H and O–H groups in total. The van der Waals surface area contributed by atoms with Crippen LogP contribution in [0.4, 0.5) is 5.82 Å². The molecule has 8 heteroatoms. The summed E-state index contributed by atoms with van der Waals surface area (Å²) in [6, 6.07) is 12.3. The van der Waals surface area contributed by atoms with Gasteiger partial charge in [-0.3, -0.25) is 19.7 Å². The Morgan fingerprint density at radius 2 is 1.67 bits per heavy atom. The van der Waals surface area contributed by atoms with Crippen molar-refractivity contribution in [2.45, 2.75) is 11.8 Å². The number of nitrogens with zero attached hydrogens (tertiary/aromatic N) is 4. The first-order valence-electron chi connectivity index (χ1n) is 8.15. The number of pyridine rings is 4. The number of nitrogens with one attached hydrogen (secondary N) is 1. The van der Waals surface area contributed by atoms with E-state index in [2.05, 4.69) is 24.7 Å². The van der Waals surface area contributed by atoms with Gasteiger partial charge in [-0.05, 0) is 42.8 Å². The average Bonchev–Trinajstić information content (AvgIpc) is 2.69. The van der Waals surface area contributed by atoms with Crippen molar-refractivity contribution >= 4 is 26.7 Å². The van der Waals surface area contributed by atoms with Gasteiger partial charge in [0.1, 0.15) is 10.4 Å². The first-order chi connectivity index (χ1) is 13.0. The van der Waals surface area contributed by atoms with Gasteiger partial charge in [0.2, 0.25) is 0 Å². The molecule has 0 amide bonds. The topological polar surface area (TPSA) is 97.7 Å². The number of aromatic nitrogens is 4. The molecule has 134 valence electrons. The summed E-state index contributed by atoms with van der Waals surface area (Å²) in [6.07, 6.45) is 6.11. The number of rotatable bonds is 4. The number of sulfonamides is 1. The van der Waals surface area contributed by atoms with E-state index in [4.69, 9.17) is 0 Å². The molecule has 0 aliphatic carbocycles. The summed E-state index contributed by atoms with van der Waals surface area (Å²) in [5, 5.41) is 0.796. The highest BCUT2D eigenvalue weighted by molar-refractivity contribution is 7.92. The molecule has 0 aromatic carbocycles. The minimum atomic E-state index is -3.85. The van der Waals surface area contributed by atoms with Crippen LogP contribution in [0.3, 0.4) is 0 Å². The number of hydrogen-bond acceptors (Lipinski definition) is 6. The lowest BCUT2D eigenvalue weighted by molar-refractivity contribution is 0.600. The molecule has 4 aromatic heterocycles. The lowest BCUT2D eigenvalue weighted by atomic mass is 10.1. The van der Waals surface area contributed by atoms with E-state index in [-0.39, 0.29) is 10.7 Å². The van der Waals surface area contributed by atoms with E-state index in [1.807, 2.05) is 25.1 Å². The molecule has 0 fully saturated rings. The van der Waals surface area contributed by atoms with Crippen molar-refractivity contribution in [2.75, 3.05) is 4.72 Å². The van der Waals surface area contributed by atoms with Gasteiger partial charge in [0.05, 0.1) is 11.4 Å². The van der Waals surface area contributed by atoms with E-state index in [1.54, 1.807) is 30.6 Å². The summed E-state index contributed by atoms with van der Waals surface area (Å²) < 4.78 is 27.9. The van der Waals surface area contributed by atoms with E-state index >= 15 is 0 Å². The Morgan fingerprint density at radius 1 is 0.852 bits per heavy atom. The summed E-state index contributed by atoms with van der Waals surface area (Å²) in [6.45, 7) is 1.93. The van der Waals surface area contributed by atoms with Gasteiger partial charge in [-0.25, -0.2) is 13.4 Å². The third kappa shape index (κ3) is 3.34. The van der Waals surface area contributed by atoms with Crippen molar-refractivity contribution < 1.29 is 8.42 Å². The second kappa shape index (κ2) is 6.73. The molecule has 0 aliphatic rings. The van der Waals surface area contributed by atoms with Crippen LogP contribution in [0.2, 0.25) is 0 Å². The van der Waals surface area contributed by atoms with Crippen LogP contribution in [-0.2, 0) is 10.0 Å². The van der Waals surface area contributed by atoms with E-state index in [0.29, 0.717) is 16.9 Å². The maximum atomic E-state index is 12.7. The highest BCUT2D eigenvalue weighted by atomic mass is 32.2. The lowest BCUT2D eigenvalue weighted by Gasteiger charge is -2.09. The Hall–Kier alpha value is -3.39. The highest BCUT2D eigenvalue weighted by Crippen LogP contribution is 2.23. The molecule has 4 aromatic rings. The SMILES string of the molecule is Cc1cccnc1-c1ccc(S(=O)(=O)Nc2nccc3cccnc23)cn1. The van der Waals surface area contributed by atoms with Crippen molar-refractivity contribution in [1.29, 1.82) is 0 Å². The first-order valence-corrected chi connectivity index (χ1v) is 9.63. The molecular weight excluding hydrogens is 362 g/mol. The normalized spacial score (nSPS) is 11.4. The summed E-state index contributed by atoms with van der Waals surface area (Å²) in [4.78, 5) is 16.9. The zero-order valence-electron chi connectivity index (χ0n) is 14.4. The highest BCUT2D eigenvalue weighted by Gasteiger charge is 2.18. The van der Waals surface area contributed by atoms with Crippen molar-refractivity contribution in [3.63, 3.8) is 0 Å². The fourth-order valence-electron chi connectivity index (χ4n) is 2.70. The molecule has 7 nitrogen and oxygen atoms in total. The maximum absolute atomic E-state index is 12.7. The van der Waals surface area contributed by atoms with Crippen LogP contribution in [-0.4, -0.2) is 28.4 Å². The Morgan fingerprint density at radius 3 is 2.44 bits per heavy atom. The van der Waals surface area contributed by atoms with E-state index in [0.717, 1.165) is 10.9 Å². The number of hydrogen-bond donors (Lipinski definition) is 1. The second-order valence-electron chi connectivity index (χ2n) is 5.89. The van der Waals surface area contributed by atoms with Crippen molar-refractivity contribution in [1.82, 2.24) is 19.9 Å². The molecular formula is C19H15N5O2S. The van der Waals surface area contributed by atoms with Crippen LogP contribution in [0.15, 0.2) is 72.1 Å². The van der Waals surface area contributed by atoms with Crippen LogP contribution in [0.1, 0.15) is 5.56 Å². The molecule has 0 spiro atoms. The third-order valence-corrected chi connectivity index (χ3v) is 5.37. The molecule has 4 rings (SSSR count). The van der Waals surface area contributed by atoms with Crippen LogP contribution in [0.25, 0.3) is 22.3 Å². The molecule has 0 atom stereocenters. The Bertz CT molecular complexity index is 1220. The quantitative estimate of drug-likeness (QED) is 0.586. The maximum Gasteiger partial charge on any atom is 0.264 e. The van der Waals surface area contributed by atoms with Gasteiger partial charge in [0.25, 0.3) is 10.0 Å². The molecule has 0 radical (unpaired) electrons. The van der Waals surface area contributed by atoms with Gasteiger partial charge in [0.15, 0.2) is 5.82 Å². The van der Waals surface area contributed by atoms with Gasteiger partial charge >= 0.3 is 0 Å². The zero-order valence-corrected chi connectivity index (χ0v) is 15.2.